The molecule has 2 bridgehead atoms. The van der Waals surface area contributed by atoms with Crippen molar-refractivity contribution in [1.29, 1.82) is 0 Å². The quantitative estimate of drug-likeness (QED) is 0.152. The van der Waals surface area contributed by atoms with Gasteiger partial charge in [-0.05, 0) is 86.6 Å². The van der Waals surface area contributed by atoms with E-state index in [0.717, 1.165) is 22.6 Å². The van der Waals surface area contributed by atoms with Gasteiger partial charge in [-0.15, -0.1) is 0 Å². The van der Waals surface area contributed by atoms with Gasteiger partial charge in [-0.3, -0.25) is 0 Å². The molecular formula is C59H42N2. The zero-order valence-electron chi connectivity index (χ0n) is 33.6. The number of nitrogens with zero attached hydrogens (tertiary/aromatic N) is 2. The highest BCUT2D eigenvalue weighted by atomic mass is 15.2. The van der Waals surface area contributed by atoms with E-state index in [-0.39, 0.29) is 6.04 Å². The van der Waals surface area contributed by atoms with Crippen LogP contribution in [0.15, 0.2) is 249 Å². The first-order chi connectivity index (χ1) is 30.3. The molecule has 61 heavy (non-hydrogen) atoms. The molecular weight excluding hydrogens is 737 g/mol. The van der Waals surface area contributed by atoms with Crippen molar-refractivity contribution in [3.05, 3.63) is 254 Å². The Morgan fingerprint density at radius 2 is 0.902 bits per heavy atom. The highest BCUT2D eigenvalue weighted by Gasteiger charge is 2.30. The summed E-state index contributed by atoms with van der Waals surface area (Å²) in [5, 5.41) is 2.46. The molecule has 0 fully saturated rings. The summed E-state index contributed by atoms with van der Waals surface area (Å²) in [5.41, 5.74) is 17.7. The smallest absolute Gasteiger partial charge is 0.0718 e. The first-order valence-electron chi connectivity index (χ1n) is 21.1. The minimum Gasteiger partial charge on any atom is -0.329 e. The summed E-state index contributed by atoms with van der Waals surface area (Å²) in [7, 11) is 0. The maximum absolute atomic E-state index is 2.54. The monoisotopic (exact) mass is 778 g/mol. The van der Waals surface area contributed by atoms with Crippen LogP contribution in [0.5, 0.6) is 0 Å². The summed E-state index contributed by atoms with van der Waals surface area (Å²) in [6.45, 7) is 0. The SMILES string of the molecule is C1=CC2=CC(C=C1)N(c1c(-c3ccccc3)cccc1-c1ccc(N(c3ccc(-c4ccccc4)cc3)c3ccccc3-c3cccc4ccccc34)cc1)c1ccccc12. The van der Waals surface area contributed by atoms with E-state index in [1.807, 2.05) is 0 Å². The van der Waals surface area contributed by atoms with Gasteiger partial charge in [-0.25, -0.2) is 0 Å². The Hall–Kier alpha value is -7.94. The van der Waals surface area contributed by atoms with Crippen LogP contribution in [0.1, 0.15) is 5.56 Å². The van der Waals surface area contributed by atoms with Crippen LogP contribution in [0.4, 0.5) is 28.4 Å². The van der Waals surface area contributed by atoms with E-state index in [2.05, 4.69) is 259 Å². The molecule has 0 saturated heterocycles. The van der Waals surface area contributed by atoms with E-state index in [1.165, 1.54) is 72.2 Å². The molecule has 9 aromatic rings. The number of para-hydroxylation sites is 3. The molecule has 11 rings (SSSR count). The van der Waals surface area contributed by atoms with Crippen LogP contribution in [0.3, 0.4) is 0 Å². The number of rotatable bonds is 8. The highest BCUT2D eigenvalue weighted by molar-refractivity contribution is 6.02. The Morgan fingerprint density at radius 3 is 1.66 bits per heavy atom. The van der Waals surface area contributed by atoms with Gasteiger partial charge in [-0.1, -0.05) is 206 Å². The molecule has 0 radical (unpaired) electrons. The van der Waals surface area contributed by atoms with E-state index in [0.29, 0.717) is 0 Å². The molecule has 0 N–H and O–H groups in total. The maximum Gasteiger partial charge on any atom is 0.0718 e. The van der Waals surface area contributed by atoms with Crippen LogP contribution in [-0.2, 0) is 0 Å². The first-order valence-corrected chi connectivity index (χ1v) is 21.1. The third kappa shape index (κ3) is 6.65. The van der Waals surface area contributed by atoms with Gasteiger partial charge in [0, 0.05) is 39.3 Å². The van der Waals surface area contributed by atoms with Gasteiger partial charge >= 0.3 is 0 Å². The van der Waals surface area contributed by atoms with Crippen molar-refractivity contribution in [3.8, 4) is 44.5 Å². The third-order valence-corrected chi connectivity index (χ3v) is 12.1. The molecule has 1 aliphatic heterocycles. The van der Waals surface area contributed by atoms with E-state index in [1.54, 1.807) is 0 Å². The molecule has 288 valence electrons. The molecule has 2 aliphatic rings. The number of anilines is 5. The number of fused-ring (bicyclic) bond motifs is 4. The molecule has 2 nitrogen and oxygen atoms in total. The lowest BCUT2D eigenvalue weighted by Gasteiger charge is -2.38. The Morgan fingerprint density at radius 1 is 0.377 bits per heavy atom. The predicted molar refractivity (Wildman–Crippen MR) is 259 cm³/mol. The van der Waals surface area contributed by atoms with Crippen LogP contribution < -0.4 is 9.80 Å². The van der Waals surface area contributed by atoms with Crippen molar-refractivity contribution in [3.63, 3.8) is 0 Å². The summed E-state index contributed by atoms with van der Waals surface area (Å²) < 4.78 is 0. The standard InChI is InChI=1S/C59H42N2/c1-3-17-42(18-4-1)43-33-37-48(38-34-43)60(58-32-14-12-27-56(58)55-30-15-23-44-21-8-10-25-51(44)55)49-39-35-46(36-40-49)54-29-16-28-53(45-19-5-2-6-20-45)59(54)61-50-24-9-7-22-47(41-50)52-26-11-13-31-57(52)61/h1-41,50H. The minimum atomic E-state index is 0.0442. The second-order valence-corrected chi connectivity index (χ2v) is 15.7. The predicted octanol–water partition coefficient (Wildman–Crippen LogP) is 16.0. The fourth-order valence-corrected chi connectivity index (χ4v) is 9.22. The van der Waals surface area contributed by atoms with Gasteiger partial charge < -0.3 is 9.80 Å². The number of hydrogen-bond donors (Lipinski definition) is 0. The van der Waals surface area contributed by atoms with E-state index < -0.39 is 0 Å². The maximum atomic E-state index is 2.54. The van der Waals surface area contributed by atoms with Crippen molar-refractivity contribution in [2.24, 2.45) is 0 Å². The normalized spacial score (nSPS) is 14.0. The lowest BCUT2D eigenvalue weighted by Crippen LogP contribution is -2.32. The molecule has 0 spiro atoms. The van der Waals surface area contributed by atoms with Crippen molar-refractivity contribution >= 4 is 44.8 Å². The van der Waals surface area contributed by atoms with Crippen LogP contribution in [0.2, 0.25) is 0 Å². The summed E-state index contributed by atoms with van der Waals surface area (Å²) in [6.07, 6.45) is 11.3. The van der Waals surface area contributed by atoms with Crippen LogP contribution in [-0.4, -0.2) is 6.04 Å². The number of hydrogen-bond acceptors (Lipinski definition) is 2. The molecule has 0 aromatic heterocycles. The van der Waals surface area contributed by atoms with Gasteiger partial charge in [0.1, 0.15) is 0 Å². The van der Waals surface area contributed by atoms with Crippen molar-refractivity contribution in [2.75, 3.05) is 9.80 Å². The van der Waals surface area contributed by atoms with Gasteiger partial charge in [0.05, 0.1) is 17.4 Å². The molecule has 0 saturated carbocycles. The zero-order chi connectivity index (χ0) is 40.5. The van der Waals surface area contributed by atoms with Crippen LogP contribution in [0, 0.1) is 0 Å². The molecule has 1 aliphatic carbocycles. The summed E-state index contributed by atoms with van der Waals surface area (Å²) in [5.74, 6) is 0. The second-order valence-electron chi connectivity index (χ2n) is 15.7. The molecule has 9 aromatic carbocycles. The first kappa shape index (κ1) is 36.2. The van der Waals surface area contributed by atoms with Gasteiger partial charge in [0.25, 0.3) is 0 Å². The lowest BCUT2D eigenvalue weighted by atomic mass is 9.90. The van der Waals surface area contributed by atoms with Crippen molar-refractivity contribution in [2.45, 2.75) is 6.04 Å². The average Bonchev–Trinajstić information content (AvgIpc) is 3.56. The zero-order valence-corrected chi connectivity index (χ0v) is 33.6. The highest BCUT2D eigenvalue weighted by Crippen LogP contribution is 2.49. The molecule has 0 amide bonds. The van der Waals surface area contributed by atoms with Gasteiger partial charge in [0.2, 0.25) is 0 Å². The Balaban J connectivity index is 1.08. The minimum absolute atomic E-state index is 0.0442. The molecule has 1 heterocycles. The number of benzene rings is 9. The average molecular weight is 779 g/mol. The fourth-order valence-electron chi connectivity index (χ4n) is 9.22. The Kier molecular flexibility index (Phi) is 9.29. The number of allylic oxidation sites excluding steroid dienone is 4. The van der Waals surface area contributed by atoms with Gasteiger partial charge in [0.15, 0.2) is 0 Å². The van der Waals surface area contributed by atoms with Crippen molar-refractivity contribution in [1.82, 2.24) is 0 Å². The van der Waals surface area contributed by atoms with E-state index in [4.69, 9.17) is 0 Å². The third-order valence-electron chi connectivity index (χ3n) is 12.1. The summed E-state index contributed by atoms with van der Waals surface area (Å²) >= 11 is 0. The van der Waals surface area contributed by atoms with Gasteiger partial charge in [-0.2, -0.15) is 0 Å². The molecule has 1 unspecified atom stereocenters. The lowest BCUT2D eigenvalue weighted by molar-refractivity contribution is 0.934. The topological polar surface area (TPSA) is 6.48 Å². The summed E-state index contributed by atoms with van der Waals surface area (Å²) in [6, 6.07) is 79.3. The fraction of sp³-hybridized carbons (Fsp3) is 0.0169. The largest absolute Gasteiger partial charge is 0.329 e. The Bertz CT molecular complexity index is 3120. The Labute approximate surface area is 358 Å². The van der Waals surface area contributed by atoms with Crippen LogP contribution in [0.25, 0.3) is 60.9 Å². The molecule has 2 heteroatoms. The van der Waals surface area contributed by atoms with Crippen LogP contribution >= 0.6 is 0 Å². The second kappa shape index (κ2) is 15.7. The van der Waals surface area contributed by atoms with E-state index in [9.17, 15) is 0 Å². The van der Waals surface area contributed by atoms with E-state index >= 15 is 0 Å². The van der Waals surface area contributed by atoms with Crippen molar-refractivity contribution < 1.29 is 0 Å². The molecule has 1 atom stereocenters. The summed E-state index contributed by atoms with van der Waals surface area (Å²) in [4.78, 5) is 4.95.